The van der Waals surface area contributed by atoms with Gasteiger partial charge in [0.25, 0.3) is 6.71 Å². The predicted octanol–water partition coefficient (Wildman–Crippen LogP) is 8.79. The van der Waals surface area contributed by atoms with Crippen molar-refractivity contribution in [2.45, 2.75) is 38.0 Å². The van der Waals surface area contributed by atoms with Crippen molar-refractivity contribution >= 4 is 68.6 Å². The predicted molar refractivity (Wildman–Crippen MR) is 184 cm³/mol. The van der Waals surface area contributed by atoms with Crippen LogP contribution in [-0.2, 0) is 0 Å². The van der Waals surface area contributed by atoms with Crippen LogP contribution in [0.2, 0.25) is 0 Å². The van der Waals surface area contributed by atoms with Gasteiger partial charge in [0.2, 0.25) is 0 Å². The van der Waals surface area contributed by atoms with Crippen molar-refractivity contribution in [3.05, 3.63) is 137 Å². The summed E-state index contributed by atoms with van der Waals surface area (Å²) in [6.07, 6.45) is 6.05. The fourth-order valence-electron chi connectivity index (χ4n) is 7.64. The van der Waals surface area contributed by atoms with E-state index in [0.29, 0.717) is 22.9 Å². The van der Waals surface area contributed by atoms with Gasteiger partial charge in [-0.15, -0.1) is 0 Å². The first-order valence-corrected chi connectivity index (χ1v) is 15.5. The van der Waals surface area contributed by atoms with E-state index in [-0.39, 0.29) is 6.71 Å². The smallest absolute Gasteiger partial charge is 0.251 e. The maximum absolute atomic E-state index is 9.98. The van der Waals surface area contributed by atoms with E-state index in [1.54, 1.807) is 0 Å². The van der Waals surface area contributed by atoms with Crippen LogP contribution in [0.5, 0.6) is 0 Å². The molecule has 8 rings (SSSR count). The van der Waals surface area contributed by atoms with Crippen LogP contribution in [0.4, 0.5) is 45.5 Å². The summed E-state index contributed by atoms with van der Waals surface area (Å²) in [5, 5.41) is 9.98. The molecule has 1 fully saturated rings. The highest BCUT2D eigenvalue weighted by Gasteiger charge is 2.44. The lowest BCUT2D eigenvalue weighted by Gasteiger charge is -2.45. The molecule has 3 aliphatic rings. The molecule has 0 atom stereocenters. The highest BCUT2D eigenvalue weighted by Crippen LogP contribution is 2.47. The molecule has 45 heavy (non-hydrogen) atoms. The number of rotatable bonds is 3. The monoisotopic (exact) mass is 577 g/mol. The molecule has 1 aliphatic carbocycles. The van der Waals surface area contributed by atoms with E-state index >= 15 is 0 Å². The molecular weight excluding hydrogens is 549 g/mol. The molecule has 5 aromatic rings. The quantitative estimate of drug-likeness (QED) is 0.156. The number of benzene rings is 5. The van der Waals surface area contributed by atoms with Crippen LogP contribution in [0.25, 0.3) is 9.69 Å². The zero-order valence-electron chi connectivity index (χ0n) is 24.7. The lowest BCUT2D eigenvalue weighted by Crippen LogP contribution is -2.61. The first-order valence-electron chi connectivity index (χ1n) is 15.5. The van der Waals surface area contributed by atoms with Gasteiger partial charge in [-0.05, 0) is 95.3 Å². The van der Waals surface area contributed by atoms with Gasteiger partial charge in [-0.2, -0.15) is 5.26 Å². The average Bonchev–Trinajstić information content (AvgIpc) is 3.11. The molecule has 0 spiro atoms. The Balaban J connectivity index is 1.50. The van der Waals surface area contributed by atoms with Crippen molar-refractivity contribution in [2.75, 3.05) is 9.80 Å². The molecule has 2 heterocycles. The Labute approximate surface area is 264 Å². The fraction of sp³-hybridized carbons (Fsp3) is 0.154. The van der Waals surface area contributed by atoms with Gasteiger partial charge in [0.1, 0.15) is 0 Å². The molecule has 0 aromatic heterocycles. The molecule has 0 bridgehead atoms. The van der Waals surface area contributed by atoms with Gasteiger partial charge >= 0.3 is 0 Å². The second kappa shape index (κ2) is 10.7. The Morgan fingerprint density at radius 1 is 0.644 bits per heavy atom. The largest absolute Gasteiger partial charge is 0.314 e. The first kappa shape index (κ1) is 26.8. The van der Waals surface area contributed by atoms with E-state index in [0.717, 1.165) is 57.9 Å². The first-order chi connectivity index (χ1) is 22.2. The van der Waals surface area contributed by atoms with Gasteiger partial charge in [0.05, 0.1) is 24.8 Å². The summed E-state index contributed by atoms with van der Waals surface area (Å²) >= 11 is 0. The zero-order valence-corrected chi connectivity index (χ0v) is 24.7. The summed E-state index contributed by atoms with van der Waals surface area (Å²) in [4.78, 5) is 12.2. The van der Waals surface area contributed by atoms with Crippen LogP contribution in [0, 0.1) is 24.5 Å². The Kier molecular flexibility index (Phi) is 6.41. The Bertz CT molecular complexity index is 2110. The maximum Gasteiger partial charge on any atom is 0.251 e. The number of hydrogen-bond donors (Lipinski definition) is 0. The van der Waals surface area contributed by atoms with Crippen molar-refractivity contribution in [1.29, 1.82) is 5.26 Å². The molecule has 5 nitrogen and oxygen atoms in total. The highest BCUT2D eigenvalue weighted by atomic mass is 15.2. The van der Waals surface area contributed by atoms with Crippen molar-refractivity contribution in [3.8, 4) is 6.07 Å². The molecule has 1 saturated carbocycles. The van der Waals surface area contributed by atoms with Crippen LogP contribution in [-0.4, -0.2) is 6.71 Å². The number of para-hydroxylation sites is 1. The van der Waals surface area contributed by atoms with E-state index in [1.807, 2.05) is 48.5 Å². The molecule has 0 saturated heterocycles. The van der Waals surface area contributed by atoms with E-state index in [2.05, 4.69) is 80.2 Å². The van der Waals surface area contributed by atoms with Crippen molar-refractivity contribution < 1.29 is 0 Å². The third kappa shape index (κ3) is 4.29. The van der Waals surface area contributed by atoms with Gasteiger partial charge < -0.3 is 9.80 Å². The number of nitriles is 1. The second-order valence-corrected chi connectivity index (χ2v) is 12.1. The van der Waals surface area contributed by atoms with Crippen LogP contribution >= 0.6 is 0 Å². The summed E-state index contributed by atoms with van der Waals surface area (Å²) < 4.78 is 0. The summed E-state index contributed by atoms with van der Waals surface area (Å²) in [7, 11) is 0. The summed E-state index contributed by atoms with van der Waals surface area (Å²) in [5.74, 6) is 0.454. The molecule has 0 amide bonds. The lowest BCUT2D eigenvalue weighted by molar-refractivity contribution is 0.444. The SMILES string of the molecule is [C-]#[N+]c1cccc(N2c3cc([N+]#[C-])ccc3B3c4ccc(C#N)cc4N(c4ccccc4)c4cc(C5CCCCC5)cc2c43)c1. The van der Waals surface area contributed by atoms with Gasteiger partial charge in [-0.1, -0.05) is 67.8 Å². The van der Waals surface area contributed by atoms with E-state index in [4.69, 9.17) is 13.1 Å². The maximum atomic E-state index is 9.98. The van der Waals surface area contributed by atoms with E-state index in [9.17, 15) is 5.26 Å². The molecule has 212 valence electrons. The number of hydrogen-bond acceptors (Lipinski definition) is 3. The lowest BCUT2D eigenvalue weighted by atomic mass is 9.33. The van der Waals surface area contributed by atoms with E-state index in [1.165, 1.54) is 30.3 Å². The third-order valence-corrected chi connectivity index (χ3v) is 9.64. The Morgan fingerprint density at radius 3 is 2.00 bits per heavy atom. The molecular formula is C39H28BN5. The standard InChI is InChI=1S/C39H28BN5/c1-42-29-12-9-15-32(23-29)45-36-24-30(43-2)17-19-34(36)40-33-18-16-26(25-41)20-35(33)44(31-13-7-4-8-14-31)37-21-28(22-38(45)39(37)40)27-10-5-3-6-11-27/h4,7-9,12-24,27H,3,5-6,10-11H2. The van der Waals surface area contributed by atoms with E-state index < -0.39 is 0 Å². The number of anilines is 6. The van der Waals surface area contributed by atoms with Crippen LogP contribution in [0.3, 0.4) is 0 Å². The number of fused-ring (bicyclic) bond motifs is 4. The molecule has 0 unspecified atom stereocenters. The minimum Gasteiger partial charge on any atom is -0.314 e. The van der Waals surface area contributed by atoms with Gasteiger partial charge in [0, 0.05) is 34.1 Å². The second-order valence-electron chi connectivity index (χ2n) is 12.1. The van der Waals surface area contributed by atoms with Gasteiger partial charge in [-0.25, -0.2) is 9.69 Å². The number of nitrogens with zero attached hydrogens (tertiary/aromatic N) is 5. The van der Waals surface area contributed by atoms with Crippen LogP contribution in [0.15, 0.2) is 103 Å². The minimum absolute atomic E-state index is 0.0896. The summed E-state index contributed by atoms with van der Waals surface area (Å²) in [5.41, 5.74) is 12.7. The zero-order chi connectivity index (χ0) is 30.5. The molecule has 6 heteroatoms. The normalized spacial score (nSPS) is 14.8. The average molecular weight is 578 g/mol. The molecule has 5 aromatic carbocycles. The molecule has 2 aliphatic heterocycles. The Morgan fingerprint density at radius 2 is 1.29 bits per heavy atom. The van der Waals surface area contributed by atoms with Crippen molar-refractivity contribution in [3.63, 3.8) is 0 Å². The van der Waals surface area contributed by atoms with Gasteiger partial charge in [0.15, 0.2) is 11.4 Å². The summed E-state index contributed by atoms with van der Waals surface area (Å²) in [6.45, 7) is 15.5. The third-order valence-electron chi connectivity index (χ3n) is 9.64. The molecule has 0 radical (unpaired) electrons. The fourth-order valence-corrected chi connectivity index (χ4v) is 7.64. The topological polar surface area (TPSA) is 39.0 Å². The van der Waals surface area contributed by atoms with Crippen LogP contribution in [0.1, 0.15) is 49.1 Å². The Hall–Kier alpha value is -5.77. The van der Waals surface area contributed by atoms with Crippen LogP contribution < -0.4 is 26.2 Å². The van der Waals surface area contributed by atoms with Gasteiger partial charge in [-0.3, -0.25) is 0 Å². The minimum atomic E-state index is -0.0896. The summed E-state index contributed by atoms with van der Waals surface area (Å²) in [6, 6.07) is 37.5. The van der Waals surface area contributed by atoms with Crippen molar-refractivity contribution in [2.24, 2.45) is 0 Å². The highest BCUT2D eigenvalue weighted by molar-refractivity contribution is 7.00. The van der Waals surface area contributed by atoms with Crippen molar-refractivity contribution in [1.82, 2.24) is 0 Å². The molecule has 0 N–H and O–H groups in total.